The Bertz CT molecular complexity index is 1140. The Hall–Kier alpha value is -4.00. The number of benzene rings is 3. The molecule has 0 saturated carbocycles. The summed E-state index contributed by atoms with van der Waals surface area (Å²) in [5.74, 6) is -1.02. The number of carbonyl (C=O) groups excluding carboxylic acids is 1. The summed E-state index contributed by atoms with van der Waals surface area (Å²) in [6.45, 7) is 0.243. The summed E-state index contributed by atoms with van der Waals surface area (Å²) in [7, 11) is 0. The zero-order valence-electron chi connectivity index (χ0n) is 15.8. The maximum Gasteiger partial charge on any atom is 0.280 e. The minimum atomic E-state index is -0.509. The van der Waals surface area contributed by atoms with Crippen LogP contribution in [0.5, 0.6) is 5.75 Å². The molecule has 30 heavy (non-hydrogen) atoms. The highest BCUT2D eigenvalue weighted by atomic mass is 19.1. The van der Waals surface area contributed by atoms with E-state index in [4.69, 9.17) is 4.74 Å². The fourth-order valence-corrected chi connectivity index (χ4v) is 2.81. The smallest absolute Gasteiger partial charge is 0.280 e. The molecule has 4 aromatic rings. The van der Waals surface area contributed by atoms with Crippen molar-refractivity contribution in [2.75, 3.05) is 5.32 Å². The first-order valence-corrected chi connectivity index (χ1v) is 9.18. The fraction of sp³-hybridized carbons (Fsp3) is 0.0435. The average Bonchev–Trinajstić information content (AvgIpc) is 3.19. The van der Waals surface area contributed by atoms with Crippen LogP contribution in [-0.2, 0) is 6.61 Å². The monoisotopic (exact) mass is 405 g/mol. The first-order chi connectivity index (χ1) is 14.6. The van der Waals surface area contributed by atoms with Crippen LogP contribution in [0.15, 0.2) is 85.1 Å². The highest BCUT2D eigenvalue weighted by molar-refractivity contribution is 6.04. The van der Waals surface area contributed by atoms with Gasteiger partial charge in [-0.3, -0.25) is 4.79 Å². The Morgan fingerprint density at radius 1 is 0.900 bits per heavy atom. The fourth-order valence-electron chi connectivity index (χ4n) is 2.81. The van der Waals surface area contributed by atoms with Gasteiger partial charge in [-0.15, -0.1) is 0 Å². The number of aromatic nitrogens is 2. The summed E-state index contributed by atoms with van der Waals surface area (Å²) in [5, 5.41) is 7.00. The minimum absolute atomic E-state index is 0.0552. The highest BCUT2D eigenvalue weighted by Crippen LogP contribution is 2.23. The van der Waals surface area contributed by atoms with E-state index in [0.717, 1.165) is 5.56 Å². The van der Waals surface area contributed by atoms with Crippen molar-refractivity contribution in [2.45, 2.75) is 6.61 Å². The van der Waals surface area contributed by atoms with Crippen molar-refractivity contribution >= 4 is 11.6 Å². The van der Waals surface area contributed by atoms with Crippen LogP contribution in [0.3, 0.4) is 0 Å². The van der Waals surface area contributed by atoms with Crippen LogP contribution in [0.25, 0.3) is 5.69 Å². The molecular formula is C23H17F2N3O2. The zero-order valence-corrected chi connectivity index (χ0v) is 15.8. The molecule has 1 amide bonds. The molecule has 0 radical (unpaired) electrons. The number of nitrogens with one attached hydrogen (secondary N) is 1. The number of ether oxygens (including phenoxy) is 1. The van der Waals surface area contributed by atoms with Crippen molar-refractivity contribution in [3.63, 3.8) is 0 Å². The third-order valence-corrected chi connectivity index (χ3v) is 4.33. The molecule has 0 atom stereocenters. The van der Waals surface area contributed by atoms with Gasteiger partial charge in [0, 0.05) is 5.69 Å². The molecular weight excluding hydrogens is 388 g/mol. The van der Waals surface area contributed by atoms with Crippen molar-refractivity contribution in [2.24, 2.45) is 0 Å². The van der Waals surface area contributed by atoms with Crippen LogP contribution in [0, 0.1) is 11.6 Å². The summed E-state index contributed by atoms with van der Waals surface area (Å²) in [4.78, 5) is 12.8. The van der Waals surface area contributed by atoms with Gasteiger partial charge in [0.25, 0.3) is 5.91 Å². The van der Waals surface area contributed by atoms with Crippen LogP contribution < -0.4 is 10.1 Å². The number of halogens is 2. The van der Waals surface area contributed by atoms with E-state index in [9.17, 15) is 13.6 Å². The molecule has 0 aliphatic carbocycles. The lowest BCUT2D eigenvalue weighted by molar-refractivity contribution is 0.101. The molecule has 3 aromatic carbocycles. The molecule has 1 aromatic heterocycles. The van der Waals surface area contributed by atoms with Gasteiger partial charge in [0.05, 0.1) is 11.9 Å². The molecule has 4 rings (SSSR count). The Morgan fingerprint density at radius 2 is 1.53 bits per heavy atom. The van der Waals surface area contributed by atoms with Crippen LogP contribution in [0.4, 0.5) is 14.5 Å². The van der Waals surface area contributed by atoms with Crippen LogP contribution >= 0.6 is 0 Å². The summed E-state index contributed by atoms with van der Waals surface area (Å²) in [5.41, 5.74) is 1.98. The predicted octanol–water partition coefficient (Wildman–Crippen LogP) is 4.98. The number of anilines is 1. The molecule has 0 unspecified atom stereocenters. The third-order valence-electron chi connectivity index (χ3n) is 4.33. The predicted molar refractivity (Wildman–Crippen MR) is 109 cm³/mol. The van der Waals surface area contributed by atoms with Crippen molar-refractivity contribution in [3.8, 4) is 11.4 Å². The Kier molecular flexibility index (Phi) is 5.52. The van der Waals surface area contributed by atoms with E-state index in [2.05, 4.69) is 10.4 Å². The van der Waals surface area contributed by atoms with Crippen molar-refractivity contribution < 1.29 is 18.3 Å². The number of amides is 1. The summed E-state index contributed by atoms with van der Waals surface area (Å²) >= 11 is 0. The normalized spacial score (nSPS) is 10.6. The van der Waals surface area contributed by atoms with Crippen LogP contribution in [0.2, 0.25) is 0 Å². The summed E-state index contributed by atoms with van der Waals surface area (Å²) < 4.78 is 33.7. The molecule has 150 valence electrons. The lowest BCUT2D eigenvalue weighted by Crippen LogP contribution is -2.14. The Balaban J connectivity index is 1.62. The molecule has 0 fully saturated rings. The molecule has 5 nitrogen and oxygen atoms in total. The van der Waals surface area contributed by atoms with Gasteiger partial charge in [-0.1, -0.05) is 30.3 Å². The molecule has 1 heterocycles. The van der Waals surface area contributed by atoms with Gasteiger partial charge < -0.3 is 10.1 Å². The summed E-state index contributed by atoms with van der Waals surface area (Å²) in [6.07, 6.45) is 1.57. The molecule has 0 saturated heterocycles. The van der Waals surface area contributed by atoms with Gasteiger partial charge in [-0.2, -0.15) is 5.10 Å². The van der Waals surface area contributed by atoms with Crippen LogP contribution in [-0.4, -0.2) is 15.7 Å². The number of rotatable bonds is 6. The minimum Gasteiger partial charge on any atom is -0.485 e. The topological polar surface area (TPSA) is 56.2 Å². The molecule has 0 bridgehead atoms. The van der Waals surface area contributed by atoms with E-state index < -0.39 is 11.7 Å². The second-order valence-corrected chi connectivity index (χ2v) is 6.50. The molecule has 1 N–H and O–H groups in total. The Labute approximate surface area is 171 Å². The van der Waals surface area contributed by atoms with E-state index in [1.54, 1.807) is 18.3 Å². The first-order valence-electron chi connectivity index (χ1n) is 9.18. The van der Waals surface area contributed by atoms with E-state index >= 15 is 0 Å². The second kappa shape index (κ2) is 8.57. The van der Waals surface area contributed by atoms with Crippen molar-refractivity contribution in [1.82, 2.24) is 9.78 Å². The van der Waals surface area contributed by atoms with E-state index in [-0.39, 0.29) is 23.9 Å². The average molecular weight is 405 g/mol. The SMILES string of the molecule is O=C(Nc1ccc(F)cc1)c1nn(-c2ccc(F)cc2)cc1OCc1ccccc1. The van der Waals surface area contributed by atoms with Crippen LogP contribution in [0.1, 0.15) is 16.1 Å². The van der Waals surface area contributed by atoms with Gasteiger partial charge in [0.2, 0.25) is 0 Å². The van der Waals surface area contributed by atoms with Crippen molar-refractivity contribution in [1.29, 1.82) is 0 Å². The number of nitrogens with zero attached hydrogens (tertiary/aromatic N) is 2. The lowest BCUT2D eigenvalue weighted by atomic mass is 10.2. The first kappa shape index (κ1) is 19.3. The van der Waals surface area contributed by atoms with Gasteiger partial charge in [-0.25, -0.2) is 13.5 Å². The summed E-state index contributed by atoms with van der Waals surface area (Å²) in [6, 6.07) is 20.6. The molecule has 0 spiro atoms. The highest BCUT2D eigenvalue weighted by Gasteiger charge is 2.19. The second-order valence-electron chi connectivity index (χ2n) is 6.50. The lowest BCUT2D eigenvalue weighted by Gasteiger charge is -2.07. The quantitative estimate of drug-likeness (QED) is 0.492. The van der Waals surface area contributed by atoms with E-state index in [0.29, 0.717) is 11.4 Å². The molecule has 0 aliphatic heterocycles. The molecule has 7 heteroatoms. The van der Waals surface area contributed by atoms with Crippen molar-refractivity contribution in [3.05, 3.63) is 108 Å². The maximum atomic E-state index is 13.2. The Morgan fingerprint density at radius 3 is 2.20 bits per heavy atom. The van der Waals surface area contributed by atoms with Gasteiger partial charge in [0.15, 0.2) is 11.4 Å². The number of carbonyl (C=O) groups is 1. The van der Waals surface area contributed by atoms with Gasteiger partial charge >= 0.3 is 0 Å². The zero-order chi connectivity index (χ0) is 20.9. The largest absolute Gasteiger partial charge is 0.485 e. The van der Waals surface area contributed by atoms with Gasteiger partial charge in [0.1, 0.15) is 18.2 Å². The van der Waals surface area contributed by atoms with E-state index in [1.807, 2.05) is 30.3 Å². The third kappa shape index (κ3) is 4.52. The van der Waals surface area contributed by atoms with Gasteiger partial charge in [-0.05, 0) is 54.1 Å². The standard InChI is InChI=1S/C23H17F2N3O2/c24-17-6-10-19(11-7-17)26-23(29)22-21(30-15-16-4-2-1-3-5-16)14-28(27-22)20-12-8-18(25)9-13-20/h1-14H,15H2,(H,26,29). The van der Waals surface area contributed by atoms with E-state index in [1.165, 1.54) is 41.1 Å². The molecule has 0 aliphatic rings. The number of hydrogen-bond donors (Lipinski definition) is 1. The maximum absolute atomic E-state index is 13.2. The number of hydrogen-bond acceptors (Lipinski definition) is 3.